The number of rotatable bonds is 42. The predicted octanol–water partition coefficient (Wildman–Crippen LogP) is 10.4. The van der Waals surface area contributed by atoms with E-state index in [1.165, 1.54) is 128 Å². The number of allylic oxidation sites excluding steroid dienone is 7. The van der Waals surface area contributed by atoms with Crippen LogP contribution in [0, 0.1) is 0 Å². The van der Waals surface area contributed by atoms with Crippen molar-refractivity contribution in [1.29, 1.82) is 0 Å². The predicted molar refractivity (Wildman–Crippen MR) is 255 cm³/mol. The Bertz CT molecular complexity index is 1130. The van der Waals surface area contributed by atoms with Crippen molar-refractivity contribution in [2.24, 2.45) is 0 Å². The lowest BCUT2D eigenvalue weighted by Gasteiger charge is -2.40. The maximum absolute atomic E-state index is 13.1. The molecule has 10 heteroatoms. The number of unbranched alkanes of at least 4 members (excludes halogenated alkanes) is 25. The van der Waals surface area contributed by atoms with Crippen molar-refractivity contribution in [2.75, 3.05) is 13.2 Å². The second-order valence-electron chi connectivity index (χ2n) is 17.7. The SMILES string of the molecule is CCCCCCC/C=C/CC/C=C/CC/C=C/C(O)C(COC1OC(CO)C(O)C(O)C1O)NC(=O)C(O)CCCCCCCC/C=C\CCCCCCCCCCCCCC. The number of carbonyl (C=O) groups is 1. The first kappa shape index (κ1) is 58.1. The van der Waals surface area contributed by atoms with Gasteiger partial charge >= 0.3 is 0 Å². The Kier molecular flexibility index (Phi) is 39.2. The Morgan fingerprint density at radius 3 is 1.40 bits per heavy atom. The van der Waals surface area contributed by atoms with Gasteiger partial charge < -0.3 is 45.4 Å². The first-order valence-electron chi connectivity index (χ1n) is 25.5. The third-order valence-corrected chi connectivity index (χ3v) is 12.0. The van der Waals surface area contributed by atoms with Gasteiger partial charge in [-0.05, 0) is 70.6 Å². The van der Waals surface area contributed by atoms with Crippen LogP contribution < -0.4 is 5.32 Å². The Balaban J connectivity index is 2.37. The van der Waals surface area contributed by atoms with Crippen molar-refractivity contribution in [3.8, 4) is 0 Å². The molecule has 0 saturated carbocycles. The fourth-order valence-corrected chi connectivity index (χ4v) is 7.78. The first-order chi connectivity index (χ1) is 30.3. The van der Waals surface area contributed by atoms with Gasteiger partial charge in [0.05, 0.1) is 25.4 Å². The van der Waals surface area contributed by atoms with Gasteiger partial charge in [-0.3, -0.25) is 4.79 Å². The van der Waals surface area contributed by atoms with Crippen LogP contribution in [0.2, 0.25) is 0 Å². The van der Waals surface area contributed by atoms with Gasteiger partial charge in [0.1, 0.15) is 30.5 Å². The molecule has 1 aliphatic rings. The highest BCUT2D eigenvalue weighted by molar-refractivity contribution is 5.80. The minimum Gasteiger partial charge on any atom is -0.394 e. The molecule has 362 valence electrons. The molecule has 0 aliphatic carbocycles. The van der Waals surface area contributed by atoms with Crippen LogP contribution in [0.4, 0.5) is 0 Å². The number of carbonyl (C=O) groups excluding carboxylic acids is 1. The summed E-state index contributed by atoms with van der Waals surface area (Å²) < 4.78 is 11.1. The van der Waals surface area contributed by atoms with Crippen molar-refractivity contribution in [2.45, 2.75) is 262 Å². The molecule has 0 aromatic rings. The summed E-state index contributed by atoms with van der Waals surface area (Å²) in [4.78, 5) is 13.1. The zero-order chi connectivity index (χ0) is 45.3. The summed E-state index contributed by atoms with van der Waals surface area (Å²) in [5.74, 6) is -0.636. The monoisotopic (exact) mass is 878 g/mol. The van der Waals surface area contributed by atoms with Gasteiger partial charge in [0, 0.05) is 0 Å². The topological polar surface area (TPSA) is 169 Å². The number of nitrogens with one attached hydrogen (secondary N) is 1. The van der Waals surface area contributed by atoms with E-state index < -0.39 is 61.5 Å². The van der Waals surface area contributed by atoms with Crippen LogP contribution in [0.3, 0.4) is 0 Å². The largest absolute Gasteiger partial charge is 0.394 e. The lowest BCUT2D eigenvalue weighted by atomic mass is 9.99. The molecular formula is C52H95NO9. The van der Waals surface area contributed by atoms with Crippen LogP contribution in [-0.2, 0) is 14.3 Å². The molecule has 8 unspecified atom stereocenters. The van der Waals surface area contributed by atoms with Gasteiger partial charge in [-0.1, -0.05) is 191 Å². The van der Waals surface area contributed by atoms with E-state index in [4.69, 9.17) is 9.47 Å². The summed E-state index contributed by atoms with van der Waals surface area (Å²) in [5, 5.41) is 64.7. The maximum Gasteiger partial charge on any atom is 0.249 e. The van der Waals surface area contributed by atoms with Crippen molar-refractivity contribution < 1.29 is 44.9 Å². The van der Waals surface area contributed by atoms with Crippen molar-refractivity contribution in [3.63, 3.8) is 0 Å². The highest BCUT2D eigenvalue weighted by Gasteiger charge is 2.44. The molecule has 0 radical (unpaired) electrons. The lowest BCUT2D eigenvalue weighted by Crippen LogP contribution is -2.60. The molecule has 1 aliphatic heterocycles. The third kappa shape index (κ3) is 31.1. The van der Waals surface area contributed by atoms with Crippen LogP contribution >= 0.6 is 0 Å². The molecule has 62 heavy (non-hydrogen) atoms. The van der Waals surface area contributed by atoms with Gasteiger partial charge in [0.25, 0.3) is 0 Å². The standard InChI is InChI=1S/C52H95NO9/c1-3-5-7-9-11-13-15-17-19-20-21-22-23-24-25-27-29-31-33-35-37-39-41-46(56)51(60)53-44(43-61-52-50(59)49(58)48(57)47(42-54)62-52)45(55)40-38-36-34-32-30-28-26-18-16-14-12-10-8-6-4-2/h16,18,24-25,30,32,38,40,44-50,52,54-59H,3-15,17,19-23,26-29,31,33-37,39,41-43H2,1-2H3,(H,53,60)/b18-16+,25-24-,32-30+,40-38+. The molecule has 0 aromatic carbocycles. The number of aliphatic hydroxyl groups excluding tert-OH is 6. The zero-order valence-electron chi connectivity index (χ0n) is 39.5. The lowest BCUT2D eigenvalue weighted by molar-refractivity contribution is -0.302. The molecule has 1 fully saturated rings. The summed E-state index contributed by atoms with van der Waals surface area (Å²) in [6.45, 7) is 3.57. The van der Waals surface area contributed by atoms with Gasteiger partial charge in [-0.25, -0.2) is 0 Å². The van der Waals surface area contributed by atoms with Crippen LogP contribution in [0.25, 0.3) is 0 Å². The van der Waals surface area contributed by atoms with Gasteiger partial charge in [0.15, 0.2) is 6.29 Å². The number of hydrogen-bond acceptors (Lipinski definition) is 9. The molecule has 10 nitrogen and oxygen atoms in total. The quantitative estimate of drug-likeness (QED) is 0.0233. The minimum absolute atomic E-state index is 0.293. The third-order valence-electron chi connectivity index (χ3n) is 12.0. The number of amides is 1. The second kappa shape index (κ2) is 41.8. The van der Waals surface area contributed by atoms with Crippen LogP contribution in [-0.4, -0.2) is 98.7 Å². The summed E-state index contributed by atoms with van der Waals surface area (Å²) in [6, 6.07) is -1.01. The van der Waals surface area contributed by atoms with Crippen LogP contribution in [0.1, 0.15) is 213 Å². The highest BCUT2D eigenvalue weighted by atomic mass is 16.7. The van der Waals surface area contributed by atoms with Gasteiger partial charge in [0.2, 0.25) is 5.91 Å². The Morgan fingerprint density at radius 1 is 0.548 bits per heavy atom. The Labute approximate surface area is 378 Å². The highest BCUT2D eigenvalue weighted by Crippen LogP contribution is 2.23. The molecule has 0 aromatic heterocycles. The smallest absolute Gasteiger partial charge is 0.249 e. The number of hydrogen-bond donors (Lipinski definition) is 7. The van der Waals surface area contributed by atoms with E-state index in [1.54, 1.807) is 6.08 Å². The van der Waals surface area contributed by atoms with Gasteiger partial charge in [-0.15, -0.1) is 0 Å². The molecule has 1 heterocycles. The fraction of sp³-hybridized carbons (Fsp3) is 0.827. The average Bonchev–Trinajstić information content (AvgIpc) is 3.27. The zero-order valence-corrected chi connectivity index (χ0v) is 39.5. The Hall–Kier alpha value is -1.89. The van der Waals surface area contributed by atoms with Crippen LogP contribution in [0.5, 0.6) is 0 Å². The summed E-state index contributed by atoms with van der Waals surface area (Å²) >= 11 is 0. The summed E-state index contributed by atoms with van der Waals surface area (Å²) in [5.41, 5.74) is 0. The minimum atomic E-state index is -1.62. The van der Waals surface area contributed by atoms with E-state index in [2.05, 4.69) is 55.6 Å². The normalized spacial score (nSPS) is 21.2. The molecule has 7 N–H and O–H groups in total. The van der Waals surface area contributed by atoms with E-state index in [0.717, 1.165) is 51.4 Å². The fourth-order valence-electron chi connectivity index (χ4n) is 7.78. The summed E-state index contributed by atoms with van der Waals surface area (Å²) in [7, 11) is 0. The van der Waals surface area contributed by atoms with E-state index in [-0.39, 0.29) is 6.61 Å². The molecule has 0 spiro atoms. The van der Waals surface area contributed by atoms with Crippen molar-refractivity contribution >= 4 is 5.91 Å². The summed E-state index contributed by atoms with van der Waals surface area (Å²) in [6.07, 6.45) is 43.5. The second-order valence-corrected chi connectivity index (χ2v) is 17.7. The van der Waals surface area contributed by atoms with Gasteiger partial charge in [-0.2, -0.15) is 0 Å². The van der Waals surface area contributed by atoms with Crippen LogP contribution in [0.15, 0.2) is 48.6 Å². The molecule has 1 rings (SSSR count). The van der Waals surface area contributed by atoms with E-state index in [9.17, 15) is 35.4 Å². The maximum atomic E-state index is 13.1. The van der Waals surface area contributed by atoms with E-state index in [0.29, 0.717) is 19.3 Å². The number of ether oxygens (including phenoxy) is 2. The number of aliphatic hydroxyl groups is 6. The molecule has 8 atom stereocenters. The van der Waals surface area contributed by atoms with Crippen molar-refractivity contribution in [1.82, 2.24) is 5.32 Å². The van der Waals surface area contributed by atoms with E-state index >= 15 is 0 Å². The van der Waals surface area contributed by atoms with E-state index in [1.807, 2.05) is 6.08 Å². The molecule has 0 bridgehead atoms. The average molecular weight is 878 g/mol. The first-order valence-corrected chi connectivity index (χ1v) is 25.5. The molecule has 1 amide bonds. The molecular weight excluding hydrogens is 783 g/mol. The Morgan fingerprint density at radius 2 is 0.952 bits per heavy atom. The van der Waals surface area contributed by atoms with Crippen molar-refractivity contribution in [3.05, 3.63) is 48.6 Å². The molecule has 1 saturated heterocycles.